The van der Waals surface area contributed by atoms with Crippen LogP contribution < -0.4 is 10.2 Å². The van der Waals surface area contributed by atoms with E-state index < -0.39 is 17.6 Å². The van der Waals surface area contributed by atoms with Crippen LogP contribution in [0.5, 0.6) is 0 Å². The molecule has 6 heteroatoms. The van der Waals surface area contributed by atoms with Gasteiger partial charge in [0.25, 0.3) is 0 Å². The third-order valence-corrected chi connectivity index (χ3v) is 2.98. The smallest absolute Gasteiger partial charge is 0.366 e. The van der Waals surface area contributed by atoms with Crippen molar-refractivity contribution < 1.29 is 17.6 Å². The SMILES string of the molecule is C[C@@H]1CN(c2ccc(C(F)(F)F)cc2F)CCN1. The fourth-order valence-corrected chi connectivity index (χ4v) is 2.09. The van der Waals surface area contributed by atoms with Gasteiger partial charge in [-0.15, -0.1) is 0 Å². The number of anilines is 1. The number of piperazine rings is 1. The van der Waals surface area contributed by atoms with Gasteiger partial charge >= 0.3 is 6.18 Å². The summed E-state index contributed by atoms with van der Waals surface area (Å²) in [5.41, 5.74) is -0.719. The van der Waals surface area contributed by atoms with Crippen molar-refractivity contribution in [3.63, 3.8) is 0 Å². The largest absolute Gasteiger partial charge is 0.416 e. The molecule has 0 radical (unpaired) electrons. The number of nitrogens with zero attached hydrogens (tertiary/aromatic N) is 1. The normalized spacial score (nSPS) is 21.2. The predicted octanol–water partition coefficient (Wildman–Crippen LogP) is 2.64. The van der Waals surface area contributed by atoms with Gasteiger partial charge < -0.3 is 10.2 Å². The maximum Gasteiger partial charge on any atom is 0.416 e. The van der Waals surface area contributed by atoms with E-state index in [1.807, 2.05) is 6.92 Å². The van der Waals surface area contributed by atoms with Crippen molar-refractivity contribution in [1.82, 2.24) is 5.32 Å². The number of rotatable bonds is 1. The number of halogens is 4. The lowest BCUT2D eigenvalue weighted by atomic mass is 10.1. The molecule has 1 atom stereocenters. The highest BCUT2D eigenvalue weighted by Gasteiger charge is 2.31. The Kier molecular flexibility index (Phi) is 3.47. The van der Waals surface area contributed by atoms with E-state index in [9.17, 15) is 17.6 Å². The van der Waals surface area contributed by atoms with Crippen LogP contribution in [0, 0.1) is 5.82 Å². The first-order valence-electron chi connectivity index (χ1n) is 5.73. The van der Waals surface area contributed by atoms with Crippen molar-refractivity contribution in [1.29, 1.82) is 0 Å². The molecule has 1 heterocycles. The second kappa shape index (κ2) is 4.76. The number of alkyl halides is 3. The Morgan fingerprint density at radius 2 is 2.06 bits per heavy atom. The second-order valence-electron chi connectivity index (χ2n) is 4.47. The van der Waals surface area contributed by atoms with Gasteiger partial charge in [-0.3, -0.25) is 0 Å². The van der Waals surface area contributed by atoms with Crippen LogP contribution in [0.25, 0.3) is 0 Å². The van der Waals surface area contributed by atoms with Crippen molar-refractivity contribution in [3.05, 3.63) is 29.6 Å². The zero-order valence-corrected chi connectivity index (χ0v) is 9.89. The lowest BCUT2D eigenvalue weighted by Crippen LogP contribution is -2.49. The summed E-state index contributed by atoms with van der Waals surface area (Å²) in [7, 11) is 0. The first kappa shape index (κ1) is 13.1. The maximum atomic E-state index is 13.7. The first-order chi connectivity index (χ1) is 8.38. The zero-order valence-electron chi connectivity index (χ0n) is 9.89. The highest BCUT2D eigenvalue weighted by Crippen LogP contribution is 2.32. The molecule has 1 fully saturated rings. The molecule has 1 aliphatic rings. The van der Waals surface area contributed by atoms with Gasteiger partial charge in [-0.25, -0.2) is 4.39 Å². The molecule has 2 nitrogen and oxygen atoms in total. The zero-order chi connectivity index (χ0) is 13.3. The van der Waals surface area contributed by atoms with E-state index in [4.69, 9.17) is 0 Å². The highest BCUT2D eigenvalue weighted by molar-refractivity contribution is 5.50. The molecule has 18 heavy (non-hydrogen) atoms. The van der Waals surface area contributed by atoms with Crippen LogP contribution in [0.15, 0.2) is 18.2 Å². The Labute approximate surface area is 103 Å². The van der Waals surface area contributed by atoms with E-state index in [-0.39, 0.29) is 11.7 Å². The highest BCUT2D eigenvalue weighted by atomic mass is 19.4. The Hall–Kier alpha value is -1.30. The fourth-order valence-electron chi connectivity index (χ4n) is 2.09. The minimum atomic E-state index is -4.50. The molecule has 100 valence electrons. The Morgan fingerprint density at radius 1 is 1.33 bits per heavy atom. The molecule has 0 aromatic heterocycles. The van der Waals surface area contributed by atoms with Gasteiger partial charge in [0.1, 0.15) is 5.82 Å². The summed E-state index contributed by atoms with van der Waals surface area (Å²) in [5, 5.41) is 3.19. The molecule has 1 aromatic rings. The topological polar surface area (TPSA) is 15.3 Å². The molecule has 0 bridgehead atoms. The van der Waals surface area contributed by atoms with Crippen molar-refractivity contribution in [2.45, 2.75) is 19.1 Å². The minimum Gasteiger partial charge on any atom is -0.366 e. The van der Waals surface area contributed by atoms with E-state index in [0.717, 1.165) is 6.07 Å². The van der Waals surface area contributed by atoms with Gasteiger partial charge in [-0.2, -0.15) is 13.2 Å². The molecule has 2 rings (SSSR count). The van der Waals surface area contributed by atoms with E-state index in [1.54, 1.807) is 4.90 Å². The lowest BCUT2D eigenvalue weighted by molar-refractivity contribution is -0.137. The summed E-state index contributed by atoms with van der Waals surface area (Å²) >= 11 is 0. The second-order valence-corrected chi connectivity index (χ2v) is 4.47. The number of hydrogen-bond acceptors (Lipinski definition) is 2. The van der Waals surface area contributed by atoms with Crippen LogP contribution in [-0.2, 0) is 6.18 Å². The van der Waals surface area contributed by atoms with Gasteiger partial charge in [-0.1, -0.05) is 0 Å². The first-order valence-corrected chi connectivity index (χ1v) is 5.73. The molecule has 0 spiro atoms. The van der Waals surface area contributed by atoms with Crippen molar-refractivity contribution >= 4 is 5.69 Å². The third kappa shape index (κ3) is 2.75. The molecule has 1 aromatic carbocycles. The summed E-state index contributed by atoms with van der Waals surface area (Å²) < 4.78 is 51.0. The van der Waals surface area contributed by atoms with Gasteiger partial charge in [0.15, 0.2) is 0 Å². The molecule has 1 aliphatic heterocycles. The average Bonchev–Trinajstić information content (AvgIpc) is 2.27. The van der Waals surface area contributed by atoms with Gasteiger partial charge in [0.05, 0.1) is 11.3 Å². The summed E-state index contributed by atoms with van der Waals surface area (Å²) in [6.45, 7) is 3.82. The number of hydrogen-bond donors (Lipinski definition) is 1. The molecule has 1 saturated heterocycles. The Morgan fingerprint density at radius 3 is 2.61 bits per heavy atom. The molecular formula is C12H14F4N2. The molecule has 0 unspecified atom stereocenters. The minimum absolute atomic E-state index is 0.195. The van der Waals surface area contributed by atoms with E-state index >= 15 is 0 Å². The lowest BCUT2D eigenvalue weighted by Gasteiger charge is -2.33. The quantitative estimate of drug-likeness (QED) is 0.783. The Balaban J connectivity index is 2.24. The summed E-state index contributed by atoms with van der Waals surface area (Å²) in [5.74, 6) is -0.820. The molecule has 1 N–H and O–H groups in total. The van der Waals surface area contributed by atoms with E-state index in [1.165, 1.54) is 6.07 Å². The van der Waals surface area contributed by atoms with Crippen LogP contribution in [0.3, 0.4) is 0 Å². The van der Waals surface area contributed by atoms with Crippen LogP contribution in [-0.4, -0.2) is 25.7 Å². The molecule has 0 aliphatic carbocycles. The number of nitrogens with one attached hydrogen (secondary N) is 1. The predicted molar refractivity (Wildman–Crippen MR) is 61.1 cm³/mol. The molecule has 0 saturated carbocycles. The Bertz CT molecular complexity index is 431. The monoisotopic (exact) mass is 262 g/mol. The molecular weight excluding hydrogens is 248 g/mol. The van der Waals surface area contributed by atoms with Crippen LogP contribution in [0.2, 0.25) is 0 Å². The summed E-state index contributed by atoms with van der Waals surface area (Å²) in [6.07, 6.45) is -4.50. The van der Waals surface area contributed by atoms with Gasteiger partial charge in [-0.05, 0) is 25.1 Å². The van der Waals surface area contributed by atoms with Crippen LogP contribution >= 0.6 is 0 Å². The van der Waals surface area contributed by atoms with Gasteiger partial charge in [0, 0.05) is 25.7 Å². The summed E-state index contributed by atoms with van der Waals surface area (Å²) in [6, 6.07) is 2.88. The maximum absolute atomic E-state index is 13.7. The number of benzene rings is 1. The van der Waals surface area contributed by atoms with Crippen LogP contribution in [0.4, 0.5) is 23.2 Å². The van der Waals surface area contributed by atoms with Gasteiger partial charge in [0.2, 0.25) is 0 Å². The van der Waals surface area contributed by atoms with E-state index in [2.05, 4.69) is 5.32 Å². The standard InChI is InChI=1S/C12H14F4N2/c1-8-7-18(5-4-17-8)11-3-2-9(6-10(11)13)12(14,15)16/h2-3,6,8,17H,4-5,7H2,1H3/t8-/m1/s1. The van der Waals surface area contributed by atoms with Crippen molar-refractivity contribution in [2.24, 2.45) is 0 Å². The van der Waals surface area contributed by atoms with E-state index in [0.29, 0.717) is 25.7 Å². The van der Waals surface area contributed by atoms with Crippen molar-refractivity contribution in [3.8, 4) is 0 Å². The third-order valence-electron chi connectivity index (χ3n) is 2.98. The average molecular weight is 262 g/mol. The molecule has 0 amide bonds. The van der Waals surface area contributed by atoms with Crippen molar-refractivity contribution in [2.75, 3.05) is 24.5 Å². The summed E-state index contributed by atoms with van der Waals surface area (Å²) in [4.78, 5) is 1.76. The van der Waals surface area contributed by atoms with Crippen LogP contribution in [0.1, 0.15) is 12.5 Å². The fraction of sp³-hybridized carbons (Fsp3) is 0.500.